The Morgan fingerprint density at radius 3 is 2.25 bits per heavy atom. The highest BCUT2D eigenvalue weighted by molar-refractivity contribution is 7.88. The van der Waals surface area contributed by atoms with Crippen molar-refractivity contribution >= 4 is 20.0 Å². The molecule has 136 valence electrons. The number of hydrogen-bond acceptors (Lipinski definition) is 5. The number of nitrogens with zero attached hydrogens (tertiary/aromatic N) is 2. The Kier molecular flexibility index (Phi) is 6.38. The number of hydrogen-bond donors (Lipinski definition) is 1. The van der Waals surface area contributed by atoms with Crippen molar-refractivity contribution in [1.82, 2.24) is 13.9 Å². The zero-order chi connectivity index (χ0) is 17.8. The van der Waals surface area contributed by atoms with Gasteiger partial charge in [0.25, 0.3) is 0 Å². The molecule has 1 saturated heterocycles. The molecule has 1 heterocycles. The summed E-state index contributed by atoms with van der Waals surface area (Å²) in [5.41, 5.74) is 1.76. The third-order valence-corrected chi connectivity index (χ3v) is 6.80. The molecule has 2 rings (SSSR count). The predicted molar refractivity (Wildman–Crippen MR) is 94.7 cm³/mol. The number of piperazine rings is 1. The molecule has 1 aromatic carbocycles. The van der Waals surface area contributed by atoms with Gasteiger partial charge < -0.3 is 0 Å². The number of rotatable bonds is 7. The van der Waals surface area contributed by atoms with Gasteiger partial charge in [0.1, 0.15) is 0 Å². The molecule has 0 saturated carbocycles. The first-order chi connectivity index (χ1) is 11.2. The second kappa shape index (κ2) is 7.92. The maximum atomic E-state index is 12.2. The second-order valence-electron chi connectivity index (χ2n) is 6.08. The van der Waals surface area contributed by atoms with E-state index in [1.54, 1.807) is 0 Å². The number of nitrogens with one attached hydrogen (secondary N) is 1. The highest BCUT2D eigenvalue weighted by atomic mass is 32.2. The molecular weight excluding hydrogens is 350 g/mol. The molecule has 0 amide bonds. The molecule has 1 aliphatic heterocycles. The van der Waals surface area contributed by atoms with E-state index in [0.29, 0.717) is 39.3 Å². The van der Waals surface area contributed by atoms with Crippen LogP contribution in [0.15, 0.2) is 24.3 Å². The van der Waals surface area contributed by atoms with Gasteiger partial charge in [-0.15, -0.1) is 0 Å². The molecular formula is C15H25N3O4S2. The number of benzene rings is 1. The van der Waals surface area contributed by atoms with Gasteiger partial charge in [-0.3, -0.25) is 4.90 Å². The van der Waals surface area contributed by atoms with Crippen LogP contribution in [0.5, 0.6) is 0 Å². The molecule has 1 aromatic rings. The van der Waals surface area contributed by atoms with E-state index < -0.39 is 20.0 Å². The lowest BCUT2D eigenvalue weighted by Crippen LogP contribution is -2.49. The average molecular weight is 376 g/mol. The second-order valence-corrected chi connectivity index (χ2v) is 9.87. The summed E-state index contributed by atoms with van der Waals surface area (Å²) in [5.74, 6) is -0.0263. The first-order valence-electron chi connectivity index (χ1n) is 7.87. The standard InChI is InChI=1S/C15H25N3O4S2/c1-14-5-3-4-6-15(14)13-24(21,22)16-7-8-17-9-11-18(12-10-17)23(2,19)20/h3-6,16H,7-13H2,1-2H3. The highest BCUT2D eigenvalue weighted by Gasteiger charge is 2.23. The molecule has 1 aliphatic rings. The topological polar surface area (TPSA) is 86.8 Å². The SMILES string of the molecule is Cc1ccccc1CS(=O)(=O)NCCN1CCN(S(C)(=O)=O)CC1. The van der Waals surface area contributed by atoms with Gasteiger partial charge in [0.15, 0.2) is 0 Å². The van der Waals surface area contributed by atoms with E-state index in [1.165, 1.54) is 10.6 Å². The van der Waals surface area contributed by atoms with Crippen LogP contribution in [0.25, 0.3) is 0 Å². The van der Waals surface area contributed by atoms with E-state index >= 15 is 0 Å². The van der Waals surface area contributed by atoms with Gasteiger partial charge in [-0.25, -0.2) is 21.6 Å². The monoisotopic (exact) mass is 375 g/mol. The molecule has 0 unspecified atom stereocenters. The zero-order valence-corrected chi connectivity index (χ0v) is 15.7. The van der Waals surface area contributed by atoms with Crippen LogP contribution in [0.1, 0.15) is 11.1 Å². The minimum absolute atomic E-state index is 0.0263. The summed E-state index contributed by atoms with van der Waals surface area (Å²) in [6.45, 7) is 4.94. The molecule has 0 bridgehead atoms. The van der Waals surface area contributed by atoms with Crippen molar-refractivity contribution in [3.63, 3.8) is 0 Å². The first-order valence-corrected chi connectivity index (χ1v) is 11.4. The number of sulfonamides is 2. The van der Waals surface area contributed by atoms with Crippen LogP contribution >= 0.6 is 0 Å². The van der Waals surface area contributed by atoms with Gasteiger partial charge in [-0.2, -0.15) is 4.31 Å². The van der Waals surface area contributed by atoms with Crippen LogP contribution < -0.4 is 4.72 Å². The van der Waals surface area contributed by atoms with Crippen LogP contribution in [0.3, 0.4) is 0 Å². The van der Waals surface area contributed by atoms with Gasteiger partial charge in [-0.05, 0) is 18.1 Å². The van der Waals surface area contributed by atoms with Gasteiger partial charge in [0, 0.05) is 39.3 Å². The quantitative estimate of drug-likeness (QED) is 0.724. The van der Waals surface area contributed by atoms with E-state index in [4.69, 9.17) is 0 Å². The Hall–Kier alpha value is -1.00. The summed E-state index contributed by atoms with van der Waals surface area (Å²) in [6, 6.07) is 7.43. The smallest absolute Gasteiger partial charge is 0.215 e. The Labute approximate surface area is 144 Å². The van der Waals surface area contributed by atoms with Crippen LogP contribution in [-0.4, -0.2) is 71.6 Å². The average Bonchev–Trinajstić information content (AvgIpc) is 2.49. The normalized spacial score (nSPS) is 17.9. The van der Waals surface area contributed by atoms with Gasteiger partial charge in [0.2, 0.25) is 20.0 Å². The van der Waals surface area contributed by atoms with E-state index in [1.807, 2.05) is 31.2 Å². The van der Waals surface area contributed by atoms with Gasteiger partial charge in [0.05, 0.1) is 12.0 Å². The van der Waals surface area contributed by atoms with Crippen molar-refractivity contribution in [2.75, 3.05) is 45.5 Å². The summed E-state index contributed by atoms with van der Waals surface area (Å²) in [5, 5.41) is 0. The van der Waals surface area contributed by atoms with Crippen LogP contribution in [0, 0.1) is 6.92 Å². The van der Waals surface area contributed by atoms with Gasteiger partial charge in [-0.1, -0.05) is 24.3 Å². The summed E-state index contributed by atoms with van der Waals surface area (Å²) in [7, 11) is -6.51. The molecule has 7 nitrogen and oxygen atoms in total. The van der Waals surface area contributed by atoms with E-state index in [2.05, 4.69) is 9.62 Å². The van der Waals surface area contributed by atoms with E-state index in [9.17, 15) is 16.8 Å². The van der Waals surface area contributed by atoms with Crippen molar-refractivity contribution in [3.8, 4) is 0 Å². The van der Waals surface area contributed by atoms with Crippen LogP contribution in [0.4, 0.5) is 0 Å². The highest BCUT2D eigenvalue weighted by Crippen LogP contribution is 2.10. The minimum atomic E-state index is -3.37. The van der Waals surface area contributed by atoms with Gasteiger partial charge >= 0.3 is 0 Å². The third-order valence-electron chi connectivity index (χ3n) is 4.16. The van der Waals surface area contributed by atoms with E-state index in [0.717, 1.165) is 11.1 Å². The zero-order valence-electron chi connectivity index (χ0n) is 14.1. The Morgan fingerprint density at radius 2 is 1.67 bits per heavy atom. The van der Waals surface area contributed by atoms with E-state index in [-0.39, 0.29) is 5.75 Å². The third kappa shape index (κ3) is 5.82. The predicted octanol–water partition coefficient (Wildman–Crippen LogP) is -0.00838. The lowest BCUT2D eigenvalue weighted by atomic mass is 10.1. The fourth-order valence-corrected chi connectivity index (χ4v) is 4.74. The molecule has 0 radical (unpaired) electrons. The lowest BCUT2D eigenvalue weighted by Gasteiger charge is -2.33. The molecule has 0 aliphatic carbocycles. The Bertz CT molecular complexity index is 755. The van der Waals surface area contributed by atoms with Crippen molar-refractivity contribution < 1.29 is 16.8 Å². The first kappa shape index (κ1) is 19.3. The fourth-order valence-electron chi connectivity index (χ4n) is 2.67. The van der Waals surface area contributed by atoms with Crippen molar-refractivity contribution in [2.45, 2.75) is 12.7 Å². The number of aryl methyl sites for hydroxylation is 1. The Morgan fingerprint density at radius 1 is 1.04 bits per heavy atom. The molecule has 0 atom stereocenters. The molecule has 0 aromatic heterocycles. The summed E-state index contributed by atoms with van der Waals surface area (Å²) >= 11 is 0. The lowest BCUT2D eigenvalue weighted by molar-refractivity contribution is 0.192. The minimum Gasteiger partial charge on any atom is -0.299 e. The fraction of sp³-hybridized carbons (Fsp3) is 0.600. The van der Waals surface area contributed by atoms with Crippen LogP contribution in [-0.2, 0) is 25.8 Å². The largest absolute Gasteiger partial charge is 0.299 e. The van der Waals surface area contributed by atoms with Crippen molar-refractivity contribution in [2.24, 2.45) is 0 Å². The summed E-state index contributed by atoms with van der Waals surface area (Å²) in [6.07, 6.45) is 1.21. The maximum Gasteiger partial charge on any atom is 0.215 e. The molecule has 0 spiro atoms. The Balaban J connectivity index is 1.77. The van der Waals surface area contributed by atoms with Crippen molar-refractivity contribution in [1.29, 1.82) is 0 Å². The molecule has 24 heavy (non-hydrogen) atoms. The molecule has 1 fully saturated rings. The van der Waals surface area contributed by atoms with Crippen molar-refractivity contribution in [3.05, 3.63) is 35.4 Å². The summed E-state index contributed by atoms with van der Waals surface area (Å²) < 4.78 is 51.3. The summed E-state index contributed by atoms with van der Waals surface area (Å²) in [4.78, 5) is 2.07. The molecule has 9 heteroatoms. The van der Waals surface area contributed by atoms with Crippen LogP contribution in [0.2, 0.25) is 0 Å². The molecule has 1 N–H and O–H groups in total. The maximum absolute atomic E-state index is 12.2.